The molecule has 2 aromatic rings. The Bertz CT molecular complexity index is 594. The summed E-state index contributed by atoms with van der Waals surface area (Å²) >= 11 is 0. The van der Waals surface area contributed by atoms with Crippen LogP contribution in [-0.4, -0.2) is 26.2 Å². The molecule has 0 saturated carbocycles. The molecule has 0 aliphatic rings. The molecule has 0 aliphatic carbocycles. The normalized spacial score (nSPS) is 10.4. The summed E-state index contributed by atoms with van der Waals surface area (Å²) in [4.78, 5) is 14.4. The van der Waals surface area contributed by atoms with Gasteiger partial charge in [-0.2, -0.15) is 5.10 Å². The largest absolute Gasteiger partial charge is 0.385 e. The van der Waals surface area contributed by atoms with Crippen molar-refractivity contribution >= 4 is 11.4 Å². The number of nitro benzene ring substituents is 1. The van der Waals surface area contributed by atoms with Crippen molar-refractivity contribution in [1.29, 1.82) is 0 Å². The highest BCUT2D eigenvalue weighted by Gasteiger charge is 2.09. The fourth-order valence-corrected chi connectivity index (χ4v) is 1.79. The van der Waals surface area contributed by atoms with E-state index in [0.717, 1.165) is 11.5 Å². The van der Waals surface area contributed by atoms with Crippen molar-refractivity contribution in [3.05, 3.63) is 46.0 Å². The van der Waals surface area contributed by atoms with E-state index < -0.39 is 0 Å². The van der Waals surface area contributed by atoms with Crippen molar-refractivity contribution < 1.29 is 4.92 Å². The van der Waals surface area contributed by atoms with Gasteiger partial charge >= 0.3 is 0 Å². The molecule has 2 rings (SSSR count). The molecule has 1 heterocycles. The van der Waals surface area contributed by atoms with Gasteiger partial charge in [-0.25, -0.2) is 4.98 Å². The topological polar surface area (TPSA) is 85.9 Å². The number of nitro groups is 1. The van der Waals surface area contributed by atoms with Crippen molar-refractivity contribution in [3.8, 4) is 0 Å². The molecular formula is C12H15N5O2. The molecular weight excluding hydrogens is 246 g/mol. The van der Waals surface area contributed by atoms with E-state index in [1.807, 2.05) is 7.05 Å². The van der Waals surface area contributed by atoms with E-state index in [1.165, 1.54) is 6.07 Å². The van der Waals surface area contributed by atoms with Gasteiger partial charge in [-0.05, 0) is 19.1 Å². The van der Waals surface area contributed by atoms with Crippen LogP contribution in [0.4, 0.5) is 11.4 Å². The van der Waals surface area contributed by atoms with E-state index in [0.29, 0.717) is 18.5 Å². The third-order valence-corrected chi connectivity index (χ3v) is 2.72. The number of nitrogens with zero attached hydrogens (tertiary/aromatic N) is 4. The minimum Gasteiger partial charge on any atom is -0.385 e. The van der Waals surface area contributed by atoms with Crippen LogP contribution in [0.5, 0.6) is 0 Å². The van der Waals surface area contributed by atoms with Gasteiger partial charge in [0.05, 0.1) is 4.92 Å². The molecule has 0 saturated heterocycles. The highest BCUT2D eigenvalue weighted by Crippen LogP contribution is 2.21. The summed E-state index contributed by atoms with van der Waals surface area (Å²) in [6.07, 6.45) is 2.36. The average molecular weight is 261 g/mol. The Kier molecular flexibility index (Phi) is 3.74. The molecule has 1 aromatic heterocycles. The van der Waals surface area contributed by atoms with E-state index in [4.69, 9.17) is 0 Å². The van der Waals surface area contributed by atoms with E-state index in [9.17, 15) is 10.1 Å². The van der Waals surface area contributed by atoms with Gasteiger partial charge < -0.3 is 5.32 Å². The monoisotopic (exact) mass is 261 g/mol. The summed E-state index contributed by atoms with van der Waals surface area (Å²) < 4.78 is 1.66. The number of rotatable bonds is 5. The third-order valence-electron chi connectivity index (χ3n) is 2.72. The Morgan fingerprint density at radius 1 is 1.47 bits per heavy atom. The zero-order valence-corrected chi connectivity index (χ0v) is 10.8. The Morgan fingerprint density at radius 3 is 2.84 bits per heavy atom. The molecule has 0 fully saturated rings. The van der Waals surface area contributed by atoms with Crippen LogP contribution >= 0.6 is 0 Å². The van der Waals surface area contributed by atoms with Gasteiger partial charge in [-0.15, -0.1) is 0 Å². The van der Waals surface area contributed by atoms with Crippen LogP contribution < -0.4 is 5.32 Å². The first-order valence-corrected chi connectivity index (χ1v) is 5.89. The molecule has 0 radical (unpaired) electrons. The van der Waals surface area contributed by atoms with Crippen LogP contribution in [0.15, 0.2) is 24.5 Å². The first kappa shape index (κ1) is 13.0. The standard InChI is InChI=1S/C12H15N5O2/c1-9-7-10(3-4-11(9)17(18)19)13-6-5-12-14-8-16(2)15-12/h3-4,7-8,13H,5-6H2,1-2H3. The second-order valence-electron chi connectivity index (χ2n) is 4.27. The summed E-state index contributed by atoms with van der Waals surface area (Å²) in [6.45, 7) is 2.41. The van der Waals surface area contributed by atoms with Crippen molar-refractivity contribution in [2.24, 2.45) is 7.05 Å². The number of anilines is 1. The van der Waals surface area contributed by atoms with Gasteiger partial charge in [0.15, 0.2) is 5.82 Å². The number of aryl methyl sites for hydroxylation is 2. The Morgan fingerprint density at radius 2 is 2.26 bits per heavy atom. The number of hydrogen-bond acceptors (Lipinski definition) is 5. The van der Waals surface area contributed by atoms with Crippen LogP contribution in [0.25, 0.3) is 0 Å². The van der Waals surface area contributed by atoms with Crippen LogP contribution in [-0.2, 0) is 13.5 Å². The lowest BCUT2D eigenvalue weighted by Crippen LogP contribution is -2.06. The maximum atomic E-state index is 10.7. The van der Waals surface area contributed by atoms with Crippen LogP contribution in [0, 0.1) is 17.0 Å². The lowest BCUT2D eigenvalue weighted by atomic mass is 10.2. The molecule has 7 heteroatoms. The predicted molar refractivity (Wildman–Crippen MR) is 71.0 cm³/mol. The summed E-state index contributed by atoms with van der Waals surface area (Å²) in [7, 11) is 1.82. The molecule has 0 unspecified atom stereocenters. The molecule has 1 aromatic carbocycles. The van der Waals surface area contributed by atoms with Crippen molar-refractivity contribution in [2.45, 2.75) is 13.3 Å². The Labute approximate surface area is 110 Å². The molecule has 0 amide bonds. The van der Waals surface area contributed by atoms with Crippen molar-refractivity contribution in [2.75, 3.05) is 11.9 Å². The summed E-state index contributed by atoms with van der Waals surface area (Å²) in [5.74, 6) is 0.772. The van der Waals surface area contributed by atoms with Gasteiger partial charge in [0.25, 0.3) is 5.69 Å². The second kappa shape index (κ2) is 5.47. The predicted octanol–water partition coefficient (Wildman–Crippen LogP) is 1.69. The van der Waals surface area contributed by atoms with E-state index in [1.54, 1.807) is 30.1 Å². The van der Waals surface area contributed by atoms with Gasteiger partial charge in [0.1, 0.15) is 6.33 Å². The molecule has 19 heavy (non-hydrogen) atoms. The quantitative estimate of drug-likeness (QED) is 0.653. The SMILES string of the molecule is Cc1cc(NCCc2ncn(C)n2)ccc1[N+](=O)[O-]. The molecule has 0 aliphatic heterocycles. The third kappa shape index (κ3) is 3.27. The molecule has 1 N–H and O–H groups in total. The Balaban J connectivity index is 1.93. The van der Waals surface area contributed by atoms with Gasteiger partial charge in [0, 0.05) is 37.3 Å². The molecule has 0 atom stereocenters. The zero-order chi connectivity index (χ0) is 13.8. The number of nitrogens with one attached hydrogen (secondary N) is 1. The molecule has 100 valence electrons. The maximum absolute atomic E-state index is 10.7. The highest BCUT2D eigenvalue weighted by molar-refractivity contribution is 5.53. The van der Waals surface area contributed by atoms with Crippen molar-refractivity contribution in [3.63, 3.8) is 0 Å². The molecule has 0 bridgehead atoms. The summed E-state index contributed by atoms with van der Waals surface area (Å²) in [5, 5.41) is 18.1. The van der Waals surface area contributed by atoms with E-state index in [2.05, 4.69) is 15.4 Å². The first-order chi connectivity index (χ1) is 9.06. The van der Waals surface area contributed by atoms with Gasteiger partial charge in [-0.3, -0.25) is 14.8 Å². The zero-order valence-electron chi connectivity index (χ0n) is 10.8. The second-order valence-corrected chi connectivity index (χ2v) is 4.27. The summed E-state index contributed by atoms with van der Waals surface area (Å²) in [5.41, 5.74) is 1.64. The lowest BCUT2D eigenvalue weighted by molar-refractivity contribution is -0.385. The average Bonchev–Trinajstić information content (AvgIpc) is 2.75. The van der Waals surface area contributed by atoms with Gasteiger partial charge in [0.2, 0.25) is 0 Å². The first-order valence-electron chi connectivity index (χ1n) is 5.89. The van der Waals surface area contributed by atoms with Crippen molar-refractivity contribution in [1.82, 2.24) is 14.8 Å². The van der Waals surface area contributed by atoms with Crippen LogP contribution in [0.1, 0.15) is 11.4 Å². The van der Waals surface area contributed by atoms with Crippen LogP contribution in [0.3, 0.4) is 0 Å². The lowest BCUT2D eigenvalue weighted by Gasteiger charge is -2.06. The minimum absolute atomic E-state index is 0.136. The van der Waals surface area contributed by atoms with Crippen LogP contribution in [0.2, 0.25) is 0 Å². The minimum atomic E-state index is -0.378. The Hall–Kier alpha value is -2.44. The van der Waals surface area contributed by atoms with Gasteiger partial charge in [-0.1, -0.05) is 0 Å². The number of aromatic nitrogens is 3. The highest BCUT2D eigenvalue weighted by atomic mass is 16.6. The fourth-order valence-electron chi connectivity index (χ4n) is 1.79. The summed E-state index contributed by atoms with van der Waals surface area (Å²) in [6, 6.07) is 4.98. The number of hydrogen-bond donors (Lipinski definition) is 1. The molecule has 7 nitrogen and oxygen atoms in total. The maximum Gasteiger partial charge on any atom is 0.272 e. The van der Waals surface area contributed by atoms with E-state index in [-0.39, 0.29) is 10.6 Å². The number of benzene rings is 1. The smallest absolute Gasteiger partial charge is 0.272 e. The van der Waals surface area contributed by atoms with E-state index >= 15 is 0 Å². The fraction of sp³-hybridized carbons (Fsp3) is 0.333. The molecule has 0 spiro atoms.